The van der Waals surface area contributed by atoms with Gasteiger partial charge < -0.3 is 0 Å². The van der Waals surface area contributed by atoms with Gasteiger partial charge in [-0.25, -0.2) is 13.1 Å². The number of rotatable bonds is 4. The number of Topliss-reactive ketones (excluding diaryl/α,β-unsaturated/α-hetero) is 1. The van der Waals surface area contributed by atoms with Crippen LogP contribution in [-0.2, 0) is 16.4 Å². The molecule has 0 spiro atoms. The van der Waals surface area contributed by atoms with E-state index >= 15 is 0 Å². The van der Waals surface area contributed by atoms with Crippen LogP contribution in [0.2, 0.25) is 0 Å². The van der Waals surface area contributed by atoms with Crippen molar-refractivity contribution in [1.82, 2.24) is 4.72 Å². The van der Waals surface area contributed by atoms with Gasteiger partial charge in [-0.15, -0.1) is 0 Å². The van der Waals surface area contributed by atoms with Crippen LogP contribution in [0.5, 0.6) is 0 Å². The van der Waals surface area contributed by atoms with Crippen molar-refractivity contribution in [1.29, 1.82) is 0 Å². The number of ketones is 1. The minimum Gasteiger partial charge on any atom is -0.295 e. The number of benzene rings is 2. The van der Waals surface area contributed by atoms with Gasteiger partial charge in [0.05, 0.1) is 4.90 Å². The molecule has 2 aromatic rings. The number of sulfonamides is 1. The zero-order chi connectivity index (χ0) is 16.4. The van der Waals surface area contributed by atoms with Crippen LogP contribution >= 0.6 is 0 Å². The average Bonchev–Trinajstić information content (AvgIpc) is 2.55. The Morgan fingerprint density at radius 3 is 2.70 bits per heavy atom. The molecule has 3 rings (SSSR count). The fourth-order valence-corrected chi connectivity index (χ4v) is 4.31. The zero-order valence-corrected chi connectivity index (χ0v) is 13.8. The van der Waals surface area contributed by atoms with Gasteiger partial charge >= 0.3 is 0 Å². The molecule has 0 aliphatic heterocycles. The van der Waals surface area contributed by atoms with E-state index in [1.165, 1.54) is 24.6 Å². The number of carbonyl (C=O) groups is 1. The molecule has 1 atom stereocenters. The number of carbonyl (C=O) groups excluding carboxylic acids is 1. The Bertz CT molecular complexity index is 843. The van der Waals surface area contributed by atoms with E-state index in [0.717, 1.165) is 24.8 Å². The summed E-state index contributed by atoms with van der Waals surface area (Å²) < 4.78 is 28.1. The number of hydrogen-bond donors (Lipinski definition) is 1. The smallest absolute Gasteiger partial charge is 0.241 e. The maximum atomic E-state index is 12.7. The van der Waals surface area contributed by atoms with Crippen LogP contribution in [-0.4, -0.2) is 14.2 Å². The lowest BCUT2D eigenvalue weighted by molar-refractivity contribution is 0.101. The molecule has 4 nitrogen and oxygen atoms in total. The summed E-state index contributed by atoms with van der Waals surface area (Å²) in [5, 5.41) is 0. The molecule has 0 radical (unpaired) electrons. The minimum atomic E-state index is -3.66. The lowest BCUT2D eigenvalue weighted by atomic mass is 9.88. The summed E-state index contributed by atoms with van der Waals surface area (Å²) in [6.45, 7) is 1.43. The third-order valence-corrected chi connectivity index (χ3v) is 5.69. The predicted molar refractivity (Wildman–Crippen MR) is 88.9 cm³/mol. The van der Waals surface area contributed by atoms with Gasteiger partial charge in [-0.1, -0.05) is 36.4 Å². The van der Waals surface area contributed by atoms with Crippen molar-refractivity contribution >= 4 is 15.8 Å². The molecule has 0 amide bonds. The molecular weight excluding hydrogens is 310 g/mol. The molecule has 5 heteroatoms. The second-order valence-electron chi connectivity index (χ2n) is 5.85. The first-order chi connectivity index (χ1) is 11.0. The standard InChI is InChI=1S/C18H19NO3S/c1-13(20)15-8-4-9-16(12-15)23(21,22)19-18-11-5-7-14-6-2-3-10-17(14)18/h2-4,6,8-10,12,18-19H,5,7,11H2,1H3/t18-/m1/s1. The van der Waals surface area contributed by atoms with Gasteiger partial charge in [-0.2, -0.15) is 0 Å². The normalized spacial score (nSPS) is 17.5. The first kappa shape index (κ1) is 15.9. The SMILES string of the molecule is CC(=O)c1cccc(S(=O)(=O)N[C@@H]2CCCc3ccccc32)c1. The molecule has 0 saturated heterocycles. The molecule has 0 heterocycles. The number of hydrogen-bond acceptors (Lipinski definition) is 3. The Balaban J connectivity index is 1.91. The van der Waals surface area contributed by atoms with Crippen LogP contribution in [0, 0.1) is 0 Å². The van der Waals surface area contributed by atoms with E-state index in [1.807, 2.05) is 24.3 Å². The molecule has 0 unspecified atom stereocenters. The lowest BCUT2D eigenvalue weighted by Gasteiger charge is -2.26. The summed E-state index contributed by atoms with van der Waals surface area (Å²) in [4.78, 5) is 11.6. The monoisotopic (exact) mass is 329 g/mol. The number of aryl methyl sites for hydroxylation is 1. The fraction of sp³-hybridized carbons (Fsp3) is 0.278. The number of nitrogens with one attached hydrogen (secondary N) is 1. The van der Waals surface area contributed by atoms with Crippen molar-refractivity contribution in [2.24, 2.45) is 0 Å². The van der Waals surface area contributed by atoms with Crippen molar-refractivity contribution in [2.45, 2.75) is 37.1 Å². The quantitative estimate of drug-likeness (QED) is 0.876. The van der Waals surface area contributed by atoms with Crippen LogP contribution < -0.4 is 4.72 Å². The van der Waals surface area contributed by atoms with E-state index in [1.54, 1.807) is 12.1 Å². The summed E-state index contributed by atoms with van der Waals surface area (Å²) in [5.41, 5.74) is 2.64. The minimum absolute atomic E-state index is 0.133. The van der Waals surface area contributed by atoms with Gasteiger partial charge in [0.25, 0.3) is 0 Å². The predicted octanol–water partition coefficient (Wildman–Crippen LogP) is 3.25. The Hall–Kier alpha value is -1.98. The summed E-state index contributed by atoms with van der Waals surface area (Å²) in [6.07, 6.45) is 2.72. The van der Waals surface area contributed by atoms with Crippen molar-refractivity contribution in [3.63, 3.8) is 0 Å². The highest BCUT2D eigenvalue weighted by Gasteiger charge is 2.25. The highest BCUT2D eigenvalue weighted by Crippen LogP contribution is 2.30. The van der Waals surface area contributed by atoms with E-state index in [9.17, 15) is 13.2 Å². The Kier molecular flexibility index (Phi) is 4.33. The first-order valence-electron chi connectivity index (χ1n) is 7.68. The molecule has 2 aromatic carbocycles. The third-order valence-electron chi connectivity index (χ3n) is 4.22. The average molecular weight is 329 g/mol. The van der Waals surface area contributed by atoms with Crippen LogP contribution in [0.3, 0.4) is 0 Å². The summed E-state index contributed by atoms with van der Waals surface area (Å²) in [6, 6.07) is 13.9. The van der Waals surface area contributed by atoms with Gasteiger partial charge in [0, 0.05) is 11.6 Å². The third kappa shape index (κ3) is 3.35. The molecule has 0 saturated carbocycles. The maximum absolute atomic E-state index is 12.7. The van der Waals surface area contributed by atoms with Crippen molar-refractivity contribution < 1.29 is 13.2 Å². The fourth-order valence-electron chi connectivity index (χ4n) is 3.01. The second-order valence-corrected chi connectivity index (χ2v) is 7.56. The van der Waals surface area contributed by atoms with Crippen LogP contribution in [0.25, 0.3) is 0 Å². The molecule has 0 fully saturated rings. The van der Waals surface area contributed by atoms with E-state index < -0.39 is 10.0 Å². The van der Waals surface area contributed by atoms with Crippen molar-refractivity contribution in [3.8, 4) is 0 Å². The van der Waals surface area contributed by atoms with Gasteiger partial charge in [-0.05, 0) is 49.4 Å². The molecule has 1 aliphatic rings. The highest BCUT2D eigenvalue weighted by molar-refractivity contribution is 7.89. The molecule has 1 N–H and O–H groups in total. The van der Waals surface area contributed by atoms with Crippen LogP contribution in [0.1, 0.15) is 47.3 Å². The molecule has 0 aromatic heterocycles. The second kappa shape index (κ2) is 6.26. The molecule has 120 valence electrons. The topological polar surface area (TPSA) is 63.2 Å². The highest BCUT2D eigenvalue weighted by atomic mass is 32.2. The van der Waals surface area contributed by atoms with Gasteiger partial charge in [-0.3, -0.25) is 4.79 Å². The Morgan fingerprint density at radius 2 is 1.91 bits per heavy atom. The number of fused-ring (bicyclic) bond motifs is 1. The van der Waals surface area contributed by atoms with Gasteiger partial charge in [0.1, 0.15) is 0 Å². The molecule has 1 aliphatic carbocycles. The lowest BCUT2D eigenvalue weighted by Crippen LogP contribution is -2.31. The van der Waals surface area contributed by atoms with Crippen LogP contribution in [0.4, 0.5) is 0 Å². The maximum Gasteiger partial charge on any atom is 0.241 e. The molecule has 0 bridgehead atoms. The zero-order valence-electron chi connectivity index (χ0n) is 13.0. The molecular formula is C18H19NO3S. The van der Waals surface area contributed by atoms with Crippen molar-refractivity contribution in [2.75, 3.05) is 0 Å². The van der Waals surface area contributed by atoms with Crippen LogP contribution in [0.15, 0.2) is 53.4 Å². The van der Waals surface area contributed by atoms with Crippen molar-refractivity contribution in [3.05, 3.63) is 65.2 Å². The van der Waals surface area contributed by atoms with Gasteiger partial charge in [0.15, 0.2) is 5.78 Å². The largest absolute Gasteiger partial charge is 0.295 e. The Labute approximate surface area is 136 Å². The first-order valence-corrected chi connectivity index (χ1v) is 9.17. The van der Waals surface area contributed by atoms with E-state index in [2.05, 4.69) is 4.72 Å². The summed E-state index contributed by atoms with van der Waals surface area (Å²) in [5.74, 6) is -0.148. The van der Waals surface area contributed by atoms with Gasteiger partial charge in [0.2, 0.25) is 10.0 Å². The summed E-state index contributed by atoms with van der Waals surface area (Å²) >= 11 is 0. The van der Waals surface area contributed by atoms with E-state index in [4.69, 9.17) is 0 Å². The van der Waals surface area contributed by atoms with E-state index in [-0.39, 0.29) is 16.7 Å². The summed E-state index contributed by atoms with van der Waals surface area (Å²) in [7, 11) is -3.66. The van der Waals surface area contributed by atoms with E-state index in [0.29, 0.717) is 5.56 Å². The molecule has 23 heavy (non-hydrogen) atoms. The Morgan fingerprint density at radius 1 is 1.13 bits per heavy atom.